The fourth-order valence-corrected chi connectivity index (χ4v) is 4.71. The van der Waals surface area contributed by atoms with Gasteiger partial charge in [0.1, 0.15) is 29.8 Å². The summed E-state index contributed by atoms with van der Waals surface area (Å²) in [4.78, 5) is 38.9. The number of oxime groups is 1. The zero-order valence-corrected chi connectivity index (χ0v) is 20.8. The van der Waals surface area contributed by atoms with Gasteiger partial charge in [0.2, 0.25) is 5.91 Å². The molecule has 1 fully saturated rings. The van der Waals surface area contributed by atoms with Gasteiger partial charge in [0.15, 0.2) is 11.6 Å². The summed E-state index contributed by atoms with van der Waals surface area (Å²) in [5.74, 6) is -0.248. The first-order valence-electron chi connectivity index (χ1n) is 12.2. The SMILES string of the molecule is COc1cc(CNC(=O)c2cc(C3=NOC([C@H]4CC[C@H](NC(=O)CC#N)CC4)C3)nc(C)n2)ccc1F. The summed E-state index contributed by atoms with van der Waals surface area (Å²) >= 11 is 0. The van der Waals surface area contributed by atoms with E-state index in [0.717, 1.165) is 25.7 Å². The lowest BCUT2D eigenvalue weighted by atomic mass is 9.81. The van der Waals surface area contributed by atoms with Crippen molar-refractivity contribution in [1.29, 1.82) is 5.26 Å². The Morgan fingerprint density at radius 3 is 2.73 bits per heavy atom. The number of carbonyl (C=O) groups excluding carboxylic acids is 2. The Hall–Kier alpha value is -4.07. The van der Waals surface area contributed by atoms with Gasteiger partial charge in [0.05, 0.1) is 18.9 Å². The van der Waals surface area contributed by atoms with Crippen molar-refractivity contribution in [1.82, 2.24) is 20.6 Å². The summed E-state index contributed by atoms with van der Waals surface area (Å²) in [6, 6.07) is 7.95. The van der Waals surface area contributed by atoms with Crippen molar-refractivity contribution in [2.45, 2.75) is 64.1 Å². The maximum atomic E-state index is 13.6. The summed E-state index contributed by atoms with van der Waals surface area (Å²) in [7, 11) is 1.38. The molecule has 1 aromatic heterocycles. The third-order valence-electron chi connectivity index (χ3n) is 6.63. The van der Waals surface area contributed by atoms with Crippen LogP contribution in [-0.2, 0) is 16.2 Å². The standard InChI is InChI=1S/C26H29FN6O4/c1-15-30-20(12-22(31-15)26(35)29-14-16-3-8-19(27)24(11-16)36-2)21-13-23(37-33-21)17-4-6-18(7-5-17)32-25(34)9-10-28/h3,8,11-12,17-18,23H,4-7,9,13-14H2,1-2H3,(H,29,35)(H,32,34)/t17-,18-,23?. The normalized spacial score (nSPS) is 20.8. The minimum Gasteiger partial charge on any atom is -0.494 e. The number of nitrogens with one attached hydrogen (secondary N) is 2. The molecule has 0 bridgehead atoms. The number of aryl methyl sites for hydroxylation is 1. The molecule has 2 N–H and O–H groups in total. The number of benzene rings is 1. The minimum absolute atomic E-state index is 0.0838. The van der Waals surface area contributed by atoms with Gasteiger partial charge in [0.25, 0.3) is 5.91 Å². The van der Waals surface area contributed by atoms with Gasteiger partial charge >= 0.3 is 0 Å². The average Bonchev–Trinajstić information content (AvgIpc) is 3.39. The van der Waals surface area contributed by atoms with E-state index in [0.29, 0.717) is 35.1 Å². The number of nitriles is 1. The van der Waals surface area contributed by atoms with Crippen molar-refractivity contribution in [2.24, 2.45) is 11.1 Å². The lowest BCUT2D eigenvalue weighted by Gasteiger charge is -2.31. The number of rotatable bonds is 8. The highest BCUT2D eigenvalue weighted by Gasteiger charge is 2.34. The van der Waals surface area contributed by atoms with E-state index in [4.69, 9.17) is 14.8 Å². The average molecular weight is 509 g/mol. The number of hydrogen-bond donors (Lipinski definition) is 2. The topological polar surface area (TPSA) is 139 Å². The van der Waals surface area contributed by atoms with Gasteiger partial charge in [-0.15, -0.1) is 0 Å². The number of halogens is 1. The van der Waals surface area contributed by atoms with E-state index >= 15 is 0 Å². The summed E-state index contributed by atoms with van der Waals surface area (Å²) in [5.41, 5.74) is 2.10. The summed E-state index contributed by atoms with van der Waals surface area (Å²) < 4.78 is 18.6. The second-order valence-electron chi connectivity index (χ2n) is 9.24. The van der Waals surface area contributed by atoms with Crippen molar-refractivity contribution < 1.29 is 23.6 Å². The van der Waals surface area contributed by atoms with E-state index in [2.05, 4.69) is 25.8 Å². The van der Waals surface area contributed by atoms with Crippen molar-refractivity contribution in [3.05, 3.63) is 52.9 Å². The van der Waals surface area contributed by atoms with Crippen molar-refractivity contribution in [3.63, 3.8) is 0 Å². The van der Waals surface area contributed by atoms with Crippen LogP contribution < -0.4 is 15.4 Å². The molecule has 0 spiro atoms. The highest BCUT2D eigenvalue weighted by molar-refractivity contribution is 6.01. The van der Waals surface area contributed by atoms with Crippen LogP contribution in [0.25, 0.3) is 0 Å². The molecule has 11 heteroatoms. The smallest absolute Gasteiger partial charge is 0.270 e. The van der Waals surface area contributed by atoms with Gasteiger partial charge in [-0.3, -0.25) is 9.59 Å². The highest BCUT2D eigenvalue weighted by atomic mass is 19.1. The fourth-order valence-electron chi connectivity index (χ4n) is 4.71. The lowest BCUT2D eigenvalue weighted by molar-refractivity contribution is -0.121. The zero-order valence-electron chi connectivity index (χ0n) is 20.8. The largest absolute Gasteiger partial charge is 0.494 e. The Morgan fingerprint density at radius 2 is 2.00 bits per heavy atom. The molecule has 1 atom stereocenters. The van der Waals surface area contributed by atoms with Crippen LogP contribution in [0.2, 0.25) is 0 Å². The molecule has 2 aromatic rings. The van der Waals surface area contributed by atoms with Crippen LogP contribution in [0.15, 0.2) is 29.4 Å². The van der Waals surface area contributed by atoms with Gasteiger partial charge in [-0.2, -0.15) is 5.26 Å². The van der Waals surface area contributed by atoms with Gasteiger partial charge < -0.3 is 20.2 Å². The third-order valence-corrected chi connectivity index (χ3v) is 6.63. The molecule has 1 saturated carbocycles. The second-order valence-corrected chi connectivity index (χ2v) is 9.24. The molecule has 0 radical (unpaired) electrons. The number of nitrogens with zero attached hydrogens (tertiary/aromatic N) is 4. The number of aromatic nitrogens is 2. The summed E-state index contributed by atoms with van der Waals surface area (Å²) in [6.07, 6.45) is 3.78. The Kier molecular flexibility index (Phi) is 8.28. The number of carbonyl (C=O) groups is 2. The molecule has 4 rings (SSSR count). The Labute approximate surface area is 214 Å². The quantitative estimate of drug-likeness (QED) is 0.559. The van der Waals surface area contributed by atoms with E-state index in [1.807, 2.05) is 6.07 Å². The molecule has 194 valence electrons. The van der Waals surface area contributed by atoms with Crippen LogP contribution in [-0.4, -0.2) is 46.7 Å². The van der Waals surface area contributed by atoms with Gasteiger partial charge in [0, 0.05) is 19.0 Å². The first kappa shape index (κ1) is 26.0. The zero-order chi connectivity index (χ0) is 26.4. The van der Waals surface area contributed by atoms with Gasteiger partial charge in [-0.25, -0.2) is 14.4 Å². The second kappa shape index (κ2) is 11.8. The molecule has 10 nitrogen and oxygen atoms in total. The van der Waals surface area contributed by atoms with Crippen LogP contribution in [0, 0.1) is 30.0 Å². The van der Waals surface area contributed by atoms with E-state index in [1.165, 1.54) is 19.2 Å². The molecule has 2 amide bonds. The summed E-state index contributed by atoms with van der Waals surface area (Å²) in [5, 5.41) is 18.6. The molecular weight excluding hydrogens is 479 g/mol. The summed E-state index contributed by atoms with van der Waals surface area (Å²) in [6.45, 7) is 1.89. The molecule has 1 aromatic carbocycles. The van der Waals surface area contributed by atoms with E-state index < -0.39 is 5.82 Å². The van der Waals surface area contributed by atoms with Crippen LogP contribution in [0.5, 0.6) is 5.75 Å². The van der Waals surface area contributed by atoms with Crippen LogP contribution >= 0.6 is 0 Å². The maximum Gasteiger partial charge on any atom is 0.270 e. The molecule has 1 aliphatic carbocycles. The maximum absolute atomic E-state index is 13.6. The molecular formula is C26H29FN6O4. The molecule has 2 heterocycles. The first-order valence-corrected chi connectivity index (χ1v) is 12.2. The van der Waals surface area contributed by atoms with Crippen molar-refractivity contribution >= 4 is 17.5 Å². The van der Waals surface area contributed by atoms with E-state index in [1.54, 1.807) is 19.1 Å². The lowest BCUT2D eigenvalue weighted by Crippen LogP contribution is -2.39. The fraction of sp³-hybridized carbons (Fsp3) is 0.462. The Balaban J connectivity index is 1.33. The predicted molar refractivity (Wildman–Crippen MR) is 131 cm³/mol. The number of amides is 2. The van der Waals surface area contributed by atoms with Crippen molar-refractivity contribution in [3.8, 4) is 11.8 Å². The molecule has 1 unspecified atom stereocenters. The van der Waals surface area contributed by atoms with Gasteiger partial charge in [-0.05, 0) is 62.3 Å². The monoisotopic (exact) mass is 508 g/mol. The molecule has 1 aliphatic heterocycles. The number of methoxy groups -OCH3 is 1. The van der Waals surface area contributed by atoms with Crippen LogP contribution in [0.3, 0.4) is 0 Å². The number of ether oxygens (including phenoxy) is 1. The Bertz CT molecular complexity index is 1240. The predicted octanol–water partition coefficient (Wildman–Crippen LogP) is 2.94. The Morgan fingerprint density at radius 1 is 1.22 bits per heavy atom. The highest BCUT2D eigenvalue weighted by Crippen LogP contribution is 2.33. The van der Waals surface area contributed by atoms with Gasteiger partial charge in [-0.1, -0.05) is 11.2 Å². The molecule has 37 heavy (non-hydrogen) atoms. The molecule has 0 saturated heterocycles. The minimum atomic E-state index is -0.470. The van der Waals surface area contributed by atoms with Crippen LogP contribution in [0.1, 0.15) is 66.1 Å². The van der Waals surface area contributed by atoms with Crippen LogP contribution in [0.4, 0.5) is 4.39 Å². The third kappa shape index (κ3) is 6.58. The first-order chi connectivity index (χ1) is 17.9. The number of hydrogen-bond acceptors (Lipinski definition) is 8. The van der Waals surface area contributed by atoms with E-state index in [-0.39, 0.29) is 48.4 Å². The molecule has 2 aliphatic rings. The van der Waals surface area contributed by atoms with E-state index in [9.17, 15) is 14.0 Å². The van der Waals surface area contributed by atoms with Crippen molar-refractivity contribution in [2.75, 3.05) is 7.11 Å².